The van der Waals surface area contributed by atoms with E-state index in [1.807, 2.05) is 0 Å². The number of anilines is 1. The Bertz CT molecular complexity index is 436. The third-order valence-electron chi connectivity index (χ3n) is 3.45. The zero-order valence-electron chi connectivity index (χ0n) is 11.7. The lowest BCUT2D eigenvalue weighted by Crippen LogP contribution is -2.34. The minimum absolute atomic E-state index is 0.189. The molecule has 0 bridgehead atoms. The van der Waals surface area contributed by atoms with E-state index in [0.29, 0.717) is 23.8 Å². The second kappa shape index (κ2) is 6.06. The maximum atomic E-state index is 11.9. The lowest BCUT2D eigenvalue weighted by molar-refractivity contribution is 0.0940. The number of nitrogens with one attached hydrogen (secondary N) is 1. The first-order valence-corrected chi connectivity index (χ1v) is 6.86. The maximum Gasteiger partial charge on any atom is 0.273 e. The van der Waals surface area contributed by atoms with E-state index in [1.165, 1.54) is 25.9 Å². The molecule has 1 aromatic rings. The molecule has 1 aliphatic heterocycles. The molecule has 2 rings (SSSR count). The van der Waals surface area contributed by atoms with E-state index in [0.717, 1.165) is 6.54 Å². The number of aromatic nitrogens is 2. The predicted molar refractivity (Wildman–Crippen MR) is 74.8 cm³/mol. The molecule has 0 saturated carbocycles. The van der Waals surface area contributed by atoms with Crippen LogP contribution in [-0.4, -0.2) is 46.8 Å². The third-order valence-corrected chi connectivity index (χ3v) is 3.45. The summed E-state index contributed by atoms with van der Waals surface area (Å²) < 4.78 is 1.55. The number of hydrogen-bond acceptors (Lipinski definition) is 4. The molecule has 0 aliphatic carbocycles. The van der Waals surface area contributed by atoms with E-state index in [4.69, 9.17) is 5.73 Å². The van der Waals surface area contributed by atoms with E-state index < -0.39 is 0 Å². The SMILES string of the molecule is CC(CNC(=O)c1nn(C)cc1N)CN1CCCC1. The number of aryl methyl sites for hydroxylation is 1. The summed E-state index contributed by atoms with van der Waals surface area (Å²) in [5.74, 6) is 0.248. The van der Waals surface area contributed by atoms with Crippen LogP contribution in [0.4, 0.5) is 5.69 Å². The molecule has 1 aliphatic rings. The molecular weight excluding hydrogens is 242 g/mol. The summed E-state index contributed by atoms with van der Waals surface area (Å²) in [5.41, 5.74) is 6.47. The summed E-state index contributed by atoms with van der Waals surface area (Å²) in [7, 11) is 1.75. The maximum absolute atomic E-state index is 11.9. The summed E-state index contributed by atoms with van der Waals surface area (Å²) in [4.78, 5) is 14.4. The Hall–Kier alpha value is -1.56. The van der Waals surface area contributed by atoms with E-state index in [9.17, 15) is 4.79 Å². The smallest absolute Gasteiger partial charge is 0.273 e. The van der Waals surface area contributed by atoms with Crippen molar-refractivity contribution in [3.05, 3.63) is 11.9 Å². The molecule has 0 radical (unpaired) electrons. The molecule has 0 spiro atoms. The number of likely N-dealkylation sites (tertiary alicyclic amines) is 1. The second-order valence-electron chi connectivity index (χ2n) is 5.43. The topological polar surface area (TPSA) is 76.2 Å². The van der Waals surface area contributed by atoms with Crippen molar-refractivity contribution in [3.63, 3.8) is 0 Å². The number of nitrogens with zero attached hydrogens (tertiary/aromatic N) is 3. The van der Waals surface area contributed by atoms with E-state index in [2.05, 4.69) is 22.2 Å². The van der Waals surface area contributed by atoms with Gasteiger partial charge in [0.2, 0.25) is 0 Å². The van der Waals surface area contributed by atoms with Crippen LogP contribution in [-0.2, 0) is 7.05 Å². The fraction of sp³-hybridized carbons (Fsp3) is 0.692. The fourth-order valence-corrected chi connectivity index (χ4v) is 2.50. The van der Waals surface area contributed by atoms with Crippen molar-refractivity contribution in [3.8, 4) is 0 Å². The van der Waals surface area contributed by atoms with Gasteiger partial charge in [0.25, 0.3) is 5.91 Å². The molecule has 1 atom stereocenters. The van der Waals surface area contributed by atoms with Gasteiger partial charge < -0.3 is 16.0 Å². The lowest BCUT2D eigenvalue weighted by Gasteiger charge is -2.20. The van der Waals surface area contributed by atoms with Gasteiger partial charge in [0, 0.05) is 26.3 Å². The van der Waals surface area contributed by atoms with Crippen LogP contribution in [0.2, 0.25) is 0 Å². The fourth-order valence-electron chi connectivity index (χ4n) is 2.50. The number of nitrogens with two attached hydrogens (primary N) is 1. The molecular formula is C13H23N5O. The van der Waals surface area contributed by atoms with E-state index >= 15 is 0 Å². The van der Waals surface area contributed by atoms with Crippen LogP contribution in [0.1, 0.15) is 30.3 Å². The van der Waals surface area contributed by atoms with Crippen LogP contribution in [0.5, 0.6) is 0 Å². The van der Waals surface area contributed by atoms with Crippen LogP contribution in [0.25, 0.3) is 0 Å². The summed E-state index contributed by atoms with van der Waals surface area (Å²) in [6, 6.07) is 0. The summed E-state index contributed by atoms with van der Waals surface area (Å²) >= 11 is 0. The van der Waals surface area contributed by atoms with Gasteiger partial charge in [-0.15, -0.1) is 0 Å². The van der Waals surface area contributed by atoms with Crippen molar-refractivity contribution in [2.45, 2.75) is 19.8 Å². The van der Waals surface area contributed by atoms with Gasteiger partial charge in [-0.05, 0) is 31.8 Å². The van der Waals surface area contributed by atoms with Gasteiger partial charge in [-0.1, -0.05) is 6.92 Å². The number of nitrogen functional groups attached to an aromatic ring is 1. The zero-order chi connectivity index (χ0) is 13.8. The van der Waals surface area contributed by atoms with E-state index in [-0.39, 0.29) is 5.91 Å². The minimum atomic E-state index is -0.189. The Morgan fingerprint density at radius 2 is 2.21 bits per heavy atom. The quantitative estimate of drug-likeness (QED) is 0.811. The molecule has 1 amide bonds. The van der Waals surface area contributed by atoms with Gasteiger partial charge in [0.1, 0.15) is 0 Å². The van der Waals surface area contributed by atoms with Crippen molar-refractivity contribution in [1.82, 2.24) is 20.0 Å². The first kappa shape index (κ1) is 13.9. The number of hydrogen-bond donors (Lipinski definition) is 2. The average molecular weight is 265 g/mol. The summed E-state index contributed by atoms with van der Waals surface area (Å²) in [6.45, 7) is 6.22. The Morgan fingerprint density at radius 3 is 2.79 bits per heavy atom. The number of carbonyl (C=O) groups excluding carboxylic acids is 1. The Morgan fingerprint density at radius 1 is 1.53 bits per heavy atom. The molecule has 1 saturated heterocycles. The highest BCUT2D eigenvalue weighted by Crippen LogP contribution is 2.10. The van der Waals surface area contributed by atoms with Crippen LogP contribution < -0.4 is 11.1 Å². The summed E-state index contributed by atoms with van der Waals surface area (Å²) in [5, 5.41) is 6.97. The zero-order valence-corrected chi connectivity index (χ0v) is 11.7. The van der Waals surface area contributed by atoms with Gasteiger partial charge >= 0.3 is 0 Å². The van der Waals surface area contributed by atoms with Crippen molar-refractivity contribution in [1.29, 1.82) is 0 Å². The minimum Gasteiger partial charge on any atom is -0.396 e. The Kier molecular flexibility index (Phi) is 4.42. The standard InChI is InChI=1S/C13H23N5O/c1-10(8-18-5-3-4-6-18)7-15-13(19)12-11(14)9-17(2)16-12/h9-10H,3-8,14H2,1-2H3,(H,15,19). The van der Waals surface area contributed by atoms with Gasteiger partial charge in [0.15, 0.2) is 5.69 Å². The summed E-state index contributed by atoms with van der Waals surface area (Å²) in [6.07, 6.45) is 4.23. The molecule has 1 fully saturated rings. The molecule has 0 aromatic carbocycles. The highest BCUT2D eigenvalue weighted by atomic mass is 16.2. The molecule has 3 N–H and O–H groups in total. The first-order chi connectivity index (χ1) is 9.06. The predicted octanol–water partition coefficient (Wildman–Crippen LogP) is 0.464. The van der Waals surface area contributed by atoms with Crippen molar-refractivity contribution in [2.24, 2.45) is 13.0 Å². The van der Waals surface area contributed by atoms with Gasteiger partial charge in [-0.25, -0.2) is 0 Å². The average Bonchev–Trinajstić information content (AvgIpc) is 2.96. The molecule has 6 heteroatoms. The van der Waals surface area contributed by atoms with E-state index in [1.54, 1.807) is 17.9 Å². The van der Waals surface area contributed by atoms with Crippen LogP contribution in [0, 0.1) is 5.92 Å². The molecule has 1 unspecified atom stereocenters. The van der Waals surface area contributed by atoms with Gasteiger partial charge in [-0.3, -0.25) is 9.48 Å². The number of carbonyl (C=O) groups is 1. The van der Waals surface area contributed by atoms with Crippen LogP contribution in [0.3, 0.4) is 0 Å². The van der Waals surface area contributed by atoms with Crippen molar-refractivity contribution in [2.75, 3.05) is 31.9 Å². The molecule has 6 nitrogen and oxygen atoms in total. The highest BCUT2D eigenvalue weighted by Gasteiger charge is 2.17. The highest BCUT2D eigenvalue weighted by molar-refractivity contribution is 5.96. The monoisotopic (exact) mass is 265 g/mol. The molecule has 106 valence electrons. The van der Waals surface area contributed by atoms with Crippen molar-refractivity contribution >= 4 is 11.6 Å². The second-order valence-corrected chi connectivity index (χ2v) is 5.43. The van der Waals surface area contributed by atoms with Crippen LogP contribution in [0.15, 0.2) is 6.20 Å². The Labute approximate surface area is 113 Å². The molecule has 1 aromatic heterocycles. The normalized spacial score (nSPS) is 17.6. The lowest BCUT2D eigenvalue weighted by atomic mass is 10.1. The number of rotatable bonds is 5. The largest absolute Gasteiger partial charge is 0.396 e. The van der Waals surface area contributed by atoms with Crippen molar-refractivity contribution < 1.29 is 4.79 Å². The van der Waals surface area contributed by atoms with Gasteiger partial charge in [-0.2, -0.15) is 5.10 Å². The van der Waals surface area contributed by atoms with Crippen LogP contribution >= 0.6 is 0 Å². The third kappa shape index (κ3) is 3.70. The van der Waals surface area contributed by atoms with Gasteiger partial charge in [0.05, 0.1) is 5.69 Å². The Balaban J connectivity index is 1.78. The molecule has 19 heavy (non-hydrogen) atoms. The first-order valence-electron chi connectivity index (χ1n) is 6.86. The molecule has 2 heterocycles. The number of amides is 1.